The number of carbonyl (C=O) groups excluding carboxylic acids is 2. The molecule has 0 spiro atoms. The molecule has 5 heteroatoms. The van der Waals surface area contributed by atoms with Crippen LogP contribution in [0.3, 0.4) is 0 Å². The van der Waals surface area contributed by atoms with Crippen LogP contribution >= 0.6 is 0 Å². The summed E-state index contributed by atoms with van der Waals surface area (Å²) in [5, 5.41) is 2.95. The monoisotopic (exact) mass is 351 g/mol. The molecule has 0 saturated carbocycles. The fourth-order valence-corrected chi connectivity index (χ4v) is 3.24. The van der Waals surface area contributed by atoms with Gasteiger partial charge in [-0.05, 0) is 23.1 Å². The number of nitrogens with two attached hydrogens (primary N) is 1. The van der Waals surface area contributed by atoms with Crippen molar-refractivity contribution in [3.63, 3.8) is 0 Å². The van der Waals surface area contributed by atoms with Crippen LogP contribution in [0.15, 0.2) is 54.6 Å². The first-order valence-electron chi connectivity index (χ1n) is 9.05. The van der Waals surface area contributed by atoms with Gasteiger partial charge < -0.3 is 16.0 Å². The quantitative estimate of drug-likeness (QED) is 0.805. The molecule has 1 heterocycles. The van der Waals surface area contributed by atoms with Crippen molar-refractivity contribution >= 4 is 11.8 Å². The maximum absolute atomic E-state index is 12.3. The molecule has 26 heavy (non-hydrogen) atoms. The minimum Gasteiger partial charge on any atom is -0.352 e. The average Bonchev–Trinajstić information content (AvgIpc) is 3.06. The molecule has 5 nitrogen and oxygen atoms in total. The summed E-state index contributed by atoms with van der Waals surface area (Å²) in [4.78, 5) is 26.0. The molecule has 1 unspecified atom stereocenters. The van der Waals surface area contributed by atoms with Crippen LogP contribution < -0.4 is 11.1 Å². The Balaban J connectivity index is 1.56. The third-order valence-electron chi connectivity index (χ3n) is 4.76. The Bertz CT molecular complexity index is 761. The zero-order valence-electron chi connectivity index (χ0n) is 14.9. The zero-order valence-corrected chi connectivity index (χ0v) is 14.9. The van der Waals surface area contributed by atoms with E-state index >= 15 is 0 Å². The van der Waals surface area contributed by atoms with Crippen molar-refractivity contribution < 1.29 is 9.59 Å². The third-order valence-corrected chi connectivity index (χ3v) is 4.76. The maximum Gasteiger partial charge on any atom is 0.222 e. The minimum atomic E-state index is -0.311. The summed E-state index contributed by atoms with van der Waals surface area (Å²) in [5.41, 5.74) is 9.18. The van der Waals surface area contributed by atoms with Crippen LogP contribution in [-0.2, 0) is 22.7 Å². The molecular weight excluding hydrogens is 326 g/mol. The van der Waals surface area contributed by atoms with Gasteiger partial charge in [0.05, 0.1) is 0 Å². The van der Waals surface area contributed by atoms with E-state index in [1.807, 2.05) is 59.5 Å². The molecule has 3 rings (SSSR count). The van der Waals surface area contributed by atoms with Gasteiger partial charge in [0.25, 0.3) is 0 Å². The van der Waals surface area contributed by atoms with Crippen molar-refractivity contribution in [3.8, 4) is 0 Å². The van der Waals surface area contributed by atoms with E-state index in [4.69, 9.17) is 5.73 Å². The fraction of sp³-hybridized carbons (Fsp3) is 0.333. The molecule has 136 valence electrons. The van der Waals surface area contributed by atoms with Gasteiger partial charge in [-0.25, -0.2) is 0 Å². The van der Waals surface area contributed by atoms with Crippen LogP contribution in [0.2, 0.25) is 0 Å². The van der Waals surface area contributed by atoms with E-state index in [1.54, 1.807) is 0 Å². The second-order valence-corrected chi connectivity index (χ2v) is 6.69. The Morgan fingerprint density at radius 1 is 1.08 bits per heavy atom. The SMILES string of the molecule is NC(CC(=O)NCc1ccccc1CN1CCCC1=O)c1ccccc1. The lowest BCUT2D eigenvalue weighted by Crippen LogP contribution is -2.28. The summed E-state index contributed by atoms with van der Waals surface area (Å²) in [5.74, 6) is 0.131. The number of nitrogens with zero attached hydrogens (tertiary/aromatic N) is 1. The lowest BCUT2D eigenvalue weighted by molar-refractivity contribution is -0.128. The van der Waals surface area contributed by atoms with Gasteiger partial charge in [-0.15, -0.1) is 0 Å². The summed E-state index contributed by atoms with van der Waals surface area (Å²) >= 11 is 0. The molecule has 1 atom stereocenters. The summed E-state index contributed by atoms with van der Waals surface area (Å²) in [6, 6.07) is 17.2. The lowest BCUT2D eigenvalue weighted by atomic mass is 10.0. The van der Waals surface area contributed by atoms with Crippen LogP contribution in [0, 0.1) is 0 Å². The molecule has 0 radical (unpaired) electrons. The van der Waals surface area contributed by atoms with Crippen molar-refractivity contribution in [2.45, 2.75) is 38.4 Å². The highest BCUT2D eigenvalue weighted by Crippen LogP contribution is 2.18. The Morgan fingerprint density at radius 2 is 1.77 bits per heavy atom. The van der Waals surface area contributed by atoms with Gasteiger partial charge in [-0.2, -0.15) is 0 Å². The van der Waals surface area contributed by atoms with Gasteiger partial charge in [-0.1, -0.05) is 54.6 Å². The van der Waals surface area contributed by atoms with E-state index in [9.17, 15) is 9.59 Å². The Labute approximate surface area is 154 Å². The highest BCUT2D eigenvalue weighted by atomic mass is 16.2. The smallest absolute Gasteiger partial charge is 0.222 e. The first-order chi connectivity index (χ1) is 12.6. The van der Waals surface area contributed by atoms with Crippen molar-refractivity contribution in [3.05, 3.63) is 71.3 Å². The number of carbonyl (C=O) groups is 2. The van der Waals surface area contributed by atoms with Crippen LogP contribution in [-0.4, -0.2) is 23.3 Å². The molecular formula is C21H25N3O2. The maximum atomic E-state index is 12.3. The normalized spacial score (nSPS) is 15.1. The number of hydrogen-bond donors (Lipinski definition) is 2. The van der Waals surface area contributed by atoms with Gasteiger partial charge in [0.2, 0.25) is 11.8 Å². The summed E-state index contributed by atoms with van der Waals surface area (Å²) in [6.45, 7) is 1.86. The summed E-state index contributed by atoms with van der Waals surface area (Å²) in [7, 11) is 0. The largest absolute Gasteiger partial charge is 0.352 e. The first-order valence-corrected chi connectivity index (χ1v) is 9.05. The first kappa shape index (κ1) is 18.1. The summed E-state index contributed by atoms with van der Waals surface area (Å²) < 4.78 is 0. The Hall–Kier alpha value is -2.66. The second-order valence-electron chi connectivity index (χ2n) is 6.69. The fourth-order valence-electron chi connectivity index (χ4n) is 3.24. The topological polar surface area (TPSA) is 75.4 Å². The van der Waals surface area contributed by atoms with Crippen molar-refractivity contribution in [1.29, 1.82) is 0 Å². The van der Waals surface area contributed by atoms with Gasteiger partial charge in [0.15, 0.2) is 0 Å². The Morgan fingerprint density at radius 3 is 2.46 bits per heavy atom. The lowest BCUT2D eigenvalue weighted by Gasteiger charge is -2.18. The van der Waals surface area contributed by atoms with Gasteiger partial charge in [-0.3, -0.25) is 9.59 Å². The van der Waals surface area contributed by atoms with Crippen molar-refractivity contribution in [2.75, 3.05) is 6.54 Å². The molecule has 1 aliphatic rings. The number of rotatable bonds is 7. The predicted octanol–water partition coefficient (Wildman–Crippen LogP) is 2.52. The second kappa shape index (κ2) is 8.63. The number of nitrogens with one attached hydrogen (secondary N) is 1. The van der Waals surface area contributed by atoms with E-state index in [0.717, 1.165) is 29.7 Å². The Kier molecular flexibility index (Phi) is 6.02. The van der Waals surface area contributed by atoms with E-state index in [0.29, 0.717) is 19.5 Å². The molecule has 1 aliphatic heterocycles. The van der Waals surface area contributed by atoms with E-state index in [-0.39, 0.29) is 24.3 Å². The molecule has 1 saturated heterocycles. The minimum absolute atomic E-state index is 0.0756. The highest BCUT2D eigenvalue weighted by Gasteiger charge is 2.21. The van der Waals surface area contributed by atoms with Gasteiger partial charge in [0.1, 0.15) is 0 Å². The van der Waals surface area contributed by atoms with Crippen LogP contribution in [0.1, 0.15) is 42.0 Å². The number of amides is 2. The molecule has 2 aromatic carbocycles. The average molecular weight is 351 g/mol. The van der Waals surface area contributed by atoms with Crippen molar-refractivity contribution in [2.24, 2.45) is 5.73 Å². The molecule has 2 aromatic rings. The molecule has 0 bridgehead atoms. The highest BCUT2D eigenvalue weighted by molar-refractivity contribution is 5.78. The predicted molar refractivity (Wildman–Crippen MR) is 101 cm³/mol. The number of benzene rings is 2. The molecule has 1 fully saturated rings. The molecule has 3 N–H and O–H groups in total. The number of hydrogen-bond acceptors (Lipinski definition) is 3. The van der Waals surface area contributed by atoms with Gasteiger partial charge >= 0.3 is 0 Å². The van der Waals surface area contributed by atoms with E-state index in [1.165, 1.54) is 0 Å². The summed E-state index contributed by atoms with van der Waals surface area (Å²) in [6.07, 6.45) is 1.81. The standard InChI is InChI=1S/C21H25N3O2/c22-19(16-7-2-1-3-8-16)13-20(25)23-14-17-9-4-5-10-18(17)15-24-12-6-11-21(24)26/h1-5,7-10,19H,6,11-15,22H2,(H,23,25). The molecule has 0 aliphatic carbocycles. The zero-order chi connectivity index (χ0) is 18.4. The van der Waals surface area contributed by atoms with Gasteiger partial charge in [0, 0.05) is 38.5 Å². The van der Waals surface area contributed by atoms with Crippen LogP contribution in [0.4, 0.5) is 0 Å². The van der Waals surface area contributed by atoms with E-state index in [2.05, 4.69) is 5.32 Å². The van der Waals surface area contributed by atoms with Crippen LogP contribution in [0.25, 0.3) is 0 Å². The molecule has 2 amide bonds. The third kappa shape index (κ3) is 4.70. The van der Waals surface area contributed by atoms with Crippen molar-refractivity contribution in [1.82, 2.24) is 10.2 Å². The van der Waals surface area contributed by atoms with Crippen LogP contribution in [0.5, 0.6) is 0 Å². The molecule has 0 aromatic heterocycles. The van der Waals surface area contributed by atoms with E-state index < -0.39 is 0 Å². The number of likely N-dealkylation sites (tertiary alicyclic amines) is 1.